The van der Waals surface area contributed by atoms with Crippen LogP contribution in [0, 0.1) is 0 Å². The first kappa shape index (κ1) is 18.1. The van der Waals surface area contributed by atoms with Gasteiger partial charge in [0.05, 0.1) is 18.2 Å². The van der Waals surface area contributed by atoms with Gasteiger partial charge in [0.1, 0.15) is 18.8 Å². The van der Waals surface area contributed by atoms with Crippen LogP contribution in [0.1, 0.15) is 20.7 Å². The van der Waals surface area contributed by atoms with Gasteiger partial charge in [-0.15, -0.1) is 0 Å². The summed E-state index contributed by atoms with van der Waals surface area (Å²) >= 11 is 0. The Morgan fingerprint density at radius 2 is 1.56 bits per heavy atom. The van der Waals surface area contributed by atoms with E-state index < -0.39 is 36.8 Å². The molecule has 138 valence electrons. The first-order chi connectivity index (χ1) is 12.9. The quantitative estimate of drug-likeness (QED) is 0.773. The number of carboxylic acid groups (broad SMARTS) is 1. The molecule has 0 aliphatic carbocycles. The van der Waals surface area contributed by atoms with Crippen LogP contribution in [0.3, 0.4) is 0 Å². The Morgan fingerprint density at radius 1 is 1.00 bits per heavy atom. The molecule has 0 fully saturated rings. The monoisotopic (exact) mass is 368 g/mol. The number of amides is 3. The molecule has 0 bridgehead atoms. The number of rotatable bonds is 6. The second-order valence-electron chi connectivity index (χ2n) is 5.81. The number of carbonyl (C=O) groups excluding carboxylic acids is 3. The fourth-order valence-electron chi connectivity index (χ4n) is 2.82. The number of aliphatic carboxylic acids is 1. The maximum Gasteiger partial charge on any atom is 0.323 e. The van der Waals surface area contributed by atoms with Crippen molar-refractivity contribution in [3.8, 4) is 5.75 Å². The zero-order valence-corrected chi connectivity index (χ0v) is 14.4. The van der Waals surface area contributed by atoms with Crippen molar-refractivity contribution in [1.82, 2.24) is 4.90 Å². The zero-order valence-electron chi connectivity index (χ0n) is 14.4. The SMILES string of the molecule is COc1ccc(N(CC(=O)O)C(=O)CN2C(=O)c3ccccc3C2=O)cc1. The molecule has 1 heterocycles. The molecule has 0 saturated carbocycles. The van der Waals surface area contributed by atoms with Crippen LogP contribution in [-0.4, -0.2) is 53.9 Å². The topological polar surface area (TPSA) is 104 Å². The predicted octanol–water partition coefficient (Wildman–Crippen LogP) is 1.41. The van der Waals surface area contributed by atoms with Crippen molar-refractivity contribution in [2.24, 2.45) is 0 Å². The molecule has 8 nitrogen and oxygen atoms in total. The van der Waals surface area contributed by atoms with Crippen LogP contribution in [0.15, 0.2) is 48.5 Å². The molecule has 0 spiro atoms. The lowest BCUT2D eigenvalue weighted by molar-refractivity contribution is -0.136. The third-order valence-electron chi connectivity index (χ3n) is 4.15. The van der Waals surface area contributed by atoms with Gasteiger partial charge in [-0.2, -0.15) is 0 Å². The largest absolute Gasteiger partial charge is 0.497 e. The van der Waals surface area contributed by atoms with Crippen molar-refractivity contribution in [2.45, 2.75) is 0 Å². The summed E-state index contributed by atoms with van der Waals surface area (Å²) in [5.41, 5.74) is 0.772. The average molecular weight is 368 g/mol. The number of methoxy groups -OCH3 is 1. The van der Waals surface area contributed by atoms with Crippen LogP contribution in [0.4, 0.5) is 5.69 Å². The highest BCUT2D eigenvalue weighted by Gasteiger charge is 2.37. The summed E-state index contributed by atoms with van der Waals surface area (Å²) in [6.07, 6.45) is 0. The number of carboxylic acids is 1. The van der Waals surface area contributed by atoms with Gasteiger partial charge in [0.15, 0.2) is 0 Å². The first-order valence-electron chi connectivity index (χ1n) is 8.04. The Morgan fingerprint density at radius 3 is 2.04 bits per heavy atom. The maximum absolute atomic E-state index is 12.7. The Kier molecular flexibility index (Phi) is 4.89. The van der Waals surface area contributed by atoms with Gasteiger partial charge in [-0.05, 0) is 36.4 Å². The molecular formula is C19H16N2O6. The molecule has 2 aromatic rings. The van der Waals surface area contributed by atoms with E-state index in [4.69, 9.17) is 9.84 Å². The molecule has 1 aliphatic rings. The lowest BCUT2D eigenvalue weighted by Gasteiger charge is -2.23. The average Bonchev–Trinajstić information content (AvgIpc) is 2.91. The van der Waals surface area contributed by atoms with Crippen molar-refractivity contribution in [3.63, 3.8) is 0 Å². The van der Waals surface area contributed by atoms with Crippen molar-refractivity contribution in [1.29, 1.82) is 0 Å². The van der Waals surface area contributed by atoms with Gasteiger partial charge in [-0.25, -0.2) is 0 Å². The molecule has 0 aromatic heterocycles. The van der Waals surface area contributed by atoms with Crippen LogP contribution in [0.2, 0.25) is 0 Å². The van der Waals surface area contributed by atoms with E-state index in [1.54, 1.807) is 24.3 Å². The number of imide groups is 1. The maximum atomic E-state index is 12.7. The molecule has 0 saturated heterocycles. The molecule has 3 amide bonds. The van der Waals surface area contributed by atoms with E-state index >= 15 is 0 Å². The zero-order chi connectivity index (χ0) is 19.6. The highest BCUT2D eigenvalue weighted by atomic mass is 16.5. The highest BCUT2D eigenvalue weighted by molar-refractivity contribution is 6.22. The minimum Gasteiger partial charge on any atom is -0.497 e. The van der Waals surface area contributed by atoms with Crippen molar-refractivity contribution >= 4 is 29.4 Å². The van der Waals surface area contributed by atoms with E-state index in [-0.39, 0.29) is 11.1 Å². The van der Waals surface area contributed by atoms with Crippen LogP contribution in [-0.2, 0) is 9.59 Å². The van der Waals surface area contributed by atoms with Gasteiger partial charge in [-0.3, -0.25) is 29.0 Å². The predicted molar refractivity (Wildman–Crippen MR) is 94.8 cm³/mol. The number of carbonyl (C=O) groups is 4. The van der Waals surface area contributed by atoms with Gasteiger partial charge >= 0.3 is 5.97 Å². The minimum atomic E-state index is -1.22. The molecule has 27 heavy (non-hydrogen) atoms. The summed E-state index contributed by atoms with van der Waals surface area (Å²) in [6.45, 7) is -1.15. The number of anilines is 1. The number of hydrogen-bond acceptors (Lipinski definition) is 5. The molecule has 0 unspecified atom stereocenters. The van der Waals surface area contributed by atoms with Crippen LogP contribution < -0.4 is 9.64 Å². The fourth-order valence-corrected chi connectivity index (χ4v) is 2.82. The van der Waals surface area contributed by atoms with Crippen LogP contribution in [0.5, 0.6) is 5.75 Å². The van der Waals surface area contributed by atoms with Gasteiger partial charge in [0, 0.05) is 5.69 Å². The summed E-state index contributed by atoms with van der Waals surface area (Å²) in [4.78, 5) is 50.6. The van der Waals surface area contributed by atoms with Crippen LogP contribution >= 0.6 is 0 Å². The second kappa shape index (κ2) is 7.28. The molecule has 1 N–H and O–H groups in total. The third-order valence-corrected chi connectivity index (χ3v) is 4.15. The highest BCUT2D eigenvalue weighted by Crippen LogP contribution is 2.24. The van der Waals surface area contributed by atoms with Crippen molar-refractivity contribution < 1.29 is 29.0 Å². The molecule has 8 heteroatoms. The summed E-state index contributed by atoms with van der Waals surface area (Å²) < 4.78 is 5.04. The summed E-state index contributed by atoms with van der Waals surface area (Å²) in [5, 5.41) is 9.14. The number of benzene rings is 2. The first-order valence-corrected chi connectivity index (χ1v) is 8.04. The Labute approximate surface area is 154 Å². The molecule has 0 atom stereocenters. The van der Waals surface area contributed by atoms with Gasteiger partial charge < -0.3 is 9.84 Å². The number of nitrogens with zero attached hydrogens (tertiary/aromatic N) is 2. The number of fused-ring (bicyclic) bond motifs is 1. The van der Waals surface area contributed by atoms with Crippen molar-refractivity contribution in [2.75, 3.05) is 25.1 Å². The number of hydrogen-bond donors (Lipinski definition) is 1. The van der Waals surface area contributed by atoms with E-state index in [2.05, 4.69) is 0 Å². The van der Waals surface area contributed by atoms with E-state index in [0.717, 1.165) is 9.80 Å². The Balaban J connectivity index is 1.84. The lowest BCUT2D eigenvalue weighted by Crippen LogP contribution is -2.44. The Hall–Kier alpha value is -3.68. The van der Waals surface area contributed by atoms with E-state index in [0.29, 0.717) is 11.4 Å². The van der Waals surface area contributed by atoms with E-state index in [1.807, 2.05) is 0 Å². The van der Waals surface area contributed by atoms with E-state index in [9.17, 15) is 19.2 Å². The number of ether oxygens (including phenoxy) is 1. The smallest absolute Gasteiger partial charge is 0.323 e. The summed E-state index contributed by atoms with van der Waals surface area (Å²) in [5.74, 6) is -2.51. The van der Waals surface area contributed by atoms with Crippen LogP contribution in [0.25, 0.3) is 0 Å². The lowest BCUT2D eigenvalue weighted by atomic mass is 10.1. The molecule has 0 radical (unpaired) electrons. The minimum absolute atomic E-state index is 0.226. The standard InChI is InChI=1S/C19H16N2O6/c1-27-13-8-6-12(7-9-13)20(11-17(23)24)16(22)10-21-18(25)14-4-2-3-5-15(14)19(21)26/h2-9H,10-11H2,1H3,(H,23,24). The van der Waals surface area contributed by atoms with Gasteiger partial charge in [-0.1, -0.05) is 12.1 Å². The van der Waals surface area contributed by atoms with Gasteiger partial charge in [0.25, 0.3) is 11.8 Å². The second-order valence-corrected chi connectivity index (χ2v) is 5.81. The normalized spacial score (nSPS) is 12.7. The van der Waals surface area contributed by atoms with E-state index in [1.165, 1.54) is 31.4 Å². The summed E-state index contributed by atoms with van der Waals surface area (Å²) in [6, 6.07) is 12.5. The molecule has 2 aromatic carbocycles. The fraction of sp³-hybridized carbons (Fsp3) is 0.158. The van der Waals surface area contributed by atoms with Crippen molar-refractivity contribution in [3.05, 3.63) is 59.7 Å². The van der Waals surface area contributed by atoms with Gasteiger partial charge in [0.2, 0.25) is 5.91 Å². The molecule has 1 aliphatic heterocycles. The molecular weight excluding hydrogens is 352 g/mol. The summed E-state index contributed by atoms with van der Waals surface area (Å²) in [7, 11) is 1.48. The Bertz CT molecular complexity index is 887. The molecule has 3 rings (SSSR count). The third kappa shape index (κ3) is 3.50.